The molecule has 8 heteroatoms. The minimum atomic E-state index is -0.103. The molecule has 1 saturated heterocycles. The van der Waals surface area contributed by atoms with E-state index >= 15 is 0 Å². The first-order valence-corrected chi connectivity index (χ1v) is 9.49. The Hall–Kier alpha value is -1.80. The lowest BCUT2D eigenvalue weighted by molar-refractivity contribution is 0.196. The Morgan fingerprint density at radius 1 is 1.39 bits per heavy atom. The number of piperidine rings is 1. The summed E-state index contributed by atoms with van der Waals surface area (Å²) in [6.45, 7) is 1.46. The van der Waals surface area contributed by atoms with Crippen molar-refractivity contribution in [2.24, 2.45) is 0 Å². The van der Waals surface area contributed by atoms with Crippen LogP contribution >= 0.6 is 23.3 Å². The highest BCUT2D eigenvalue weighted by Gasteiger charge is 2.24. The van der Waals surface area contributed by atoms with E-state index in [2.05, 4.69) is 20.0 Å². The van der Waals surface area contributed by atoms with Crippen LogP contribution in [0.3, 0.4) is 0 Å². The monoisotopic (exact) mass is 349 g/mol. The molecule has 1 atom stereocenters. The van der Waals surface area contributed by atoms with Gasteiger partial charge in [-0.1, -0.05) is 30.0 Å². The van der Waals surface area contributed by atoms with Gasteiger partial charge in [-0.25, -0.2) is 4.79 Å². The fraction of sp³-hybridized carbons (Fsp3) is 0.400. The molecule has 2 amide bonds. The van der Waals surface area contributed by atoms with Gasteiger partial charge < -0.3 is 10.2 Å². The average molecular weight is 349 g/mol. The Labute approximate surface area is 143 Å². The lowest BCUT2D eigenvalue weighted by atomic mass is 10.1. The molecule has 0 bridgehead atoms. The van der Waals surface area contributed by atoms with Gasteiger partial charge in [0.1, 0.15) is 0 Å². The van der Waals surface area contributed by atoms with Gasteiger partial charge in [0, 0.05) is 36.4 Å². The standard InChI is InChI=1S/C15H19N5OS2/c1-22-14-17-13(23-19-14)18-15(21)20-9-5-8-12(10-20)16-11-6-3-2-4-7-11/h2-4,6-7,12,16H,5,8-10H2,1H3,(H,17,18,19,21). The number of amides is 2. The van der Waals surface area contributed by atoms with E-state index in [1.54, 1.807) is 0 Å². The summed E-state index contributed by atoms with van der Waals surface area (Å²) in [5, 5.41) is 7.57. The van der Waals surface area contributed by atoms with E-state index in [9.17, 15) is 4.79 Å². The van der Waals surface area contributed by atoms with Crippen LogP contribution in [0.1, 0.15) is 12.8 Å². The van der Waals surface area contributed by atoms with Crippen LogP contribution in [0.2, 0.25) is 0 Å². The van der Waals surface area contributed by atoms with E-state index in [0.717, 1.165) is 25.1 Å². The maximum absolute atomic E-state index is 12.4. The highest BCUT2D eigenvalue weighted by atomic mass is 32.2. The number of carbonyl (C=O) groups is 1. The van der Waals surface area contributed by atoms with Gasteiger partial charge in [0.05, 0.1) is 0 Å². The van der Waals surface area contributed by atoms with E-state index in [0.29, 0.717) is 16.8 Å². The third-order valence-electron chi connectivity index (χ3n) is 3.66. The van der Waals surface area contributed by atoms with Gasteiger partial charge in [-0.15, -0.1) is 0 Å². The summed E-state index contributed by atoms with van der Waals surface area (Å²) >= 11 is 2.68. The van der Waals surface area contributed by atoms with E-state index in [1.165, 1.54) is 23.3 Å². The average Bonchev–Trinajstić information content (AvgIpc) is 3.03. The highest BCUT2D eigenvalue weighted by molar-refractivity contribution is 7.98. The van der Waals surface area contributed by atoms with Gasteiger partial charge in [-0.2, -0.15) is 9.36 Å². The molecule has 122 valence electrons. The summed E-state index contributed by atoms with van der Waals surface area (Å²) in [6.07, 6.45) is 3.97. The van der Waals surface area contributed by atoms with Crippen molar-refractivity contribution >= 4 is 40.1 Å². The number of rotatable bonds is 4. The number of benzene rings is 1. The fourth-order valence-electron chi connectivity index (χ4n) is 2.56. The summed E-state index contributed by atoms with van der Waals surface area (Å²) in [5.74, 6) is 0. The second kappa shape index (κ2) is 7.65. The lowest BCUT2D eigenvalue weighted by Crippen LogP contribution is -2.46. The zero-order valence-electron chi connectivity index (χ0n) is 12.9. The number of nitrogens with one attached hydrogen (secondary N) is 2. The van der Waals surface area contributed by atoms with Crippen LogP contribution in [0, 0.1) is 0 Å². The van der Waals surface area contributed by atoms with Gasteiger partial charge in [0.2, 0.25) is 10.3 Å². The van der Waals surface area contributed by atoms with Crippen molar-refractivity contribution in [1.82, 2.24) is 14.3 Å². The van der Waals surface area contributed by atoms with Crippen LogP contribution in [0.4, 0.5) is 15.6 Å². The first kappa shape index (κ1) is 16.1. The Bertz CT molecular complexity index is 648. The Balaban J connectivity index is 1.56. The second-order valence-electron chi connectivity index (χ2n) is 5.31. The molecule has 23 heavy (non-hydrogen) atoms. The summed E-state index contributed by atoms with van der Waals surface area (Å²) < 4.78 is 4.15. The number of carbonyl (C=O) groups excluding carboxylic acids is 1. The summed E-state index contributed by atoms with van der Waals surface area (Å²) in [5.41, 5.74) is 1.09. The number of thioether (sulfide) groups is 1. The Morgan fingerprint density at radius 2 is 2.22 bits per heavy atom. The molecule has 3 rings (SSSR count). The third-order valence-corrected chi connectivity index (χ3v) is 4.95. The number of hydrogen-bond acceptors (Lipinski definition) is 6. The Kier molecular flexibility index (Phi) is 5.35. The van der Waals surface area contributed by atoms with Gasteiger partial charge in [0.15, 0.2) is 0 Å². The van der Waals surface area contributed by atoms with E-state index in [-0.39, 0.29) is 12.1 Å². The van der Waals surface area contributed by atoms with Crippen LogP contribution in [0.15, 0.2) is 35.5 Å². The SMILES string of the molecule is CSc1nsc(NC(=O)N2CCCC(Nc3ccccc3)C2)n1. The van der Waals surface area contributed by atoms with Crippen molar-refractivity contribution in [3.8, 4) is 0 Å². The molecule has 2 aromatic rings. The molecule has 6 nitrogen and oxygen atoms in total. The van der Waals surface area contributed by atoms with Crippen molar-refractivity contribution in [2.45, 2.75) is 24.0 Å². The normalized spacial score (nSPS) is 17.8. The number of likely N-dealkylation sites (tertiary alicyclic amines) is 1. The third kappa shape index (κ3) is 4.35. The van der Waals surface area contributed by atoms with Crippen LogP contribution in [-0.4, -0.2) is 45.7 Å². The maximum Gasteiger partial charge on any atom is 0.323 e. The predicted molar refractivity (Wildman–Crippen MR) is 95.4 cm³/mol. The van der Waals surface area contributed by atoms with Crippen molar-refractivity contribution in [1.29, 1.82) is 0 Å². The zero-order valence-corrected chi connectivity index (χ0v) is 14.5. The largest absolute Gasteiger partial charge is 0.381 e. The van der Waals surface area contributed by atoms with Gasteiger partial charge in [0.25, 0.3) is 0 Å². The quantitative estimate of drug-likeness (QED) is 0.828. The van der Waals surface area contributed by atoms with Crippen molar-refractivity contribution in [3.63, 3.8) is 0 Å². The molecule has 0 saturated carbocycles. The Morgan fingerprint density at radius 3 is 2.96 bits per heavy atom. The smallest absolute Gasteiger partial charge is 0.323 e. The van der Waals surface area contributed by atoms with Crippen LogP contribution in [-0.2, 0) is 0 Å². The molecular formula is C15H19N5OS2. The molecule has 1 fully saturated rings. The molecule has 1 aromatic carbocycles. The topological polar surface area (TPSA) is 70.2 Å². The van der Waals surface area contributed by atoms with Crippen molar-refractivity contribution in [3.05, 3.63) is 30.3 Å². The zero-order chi connectivity index (χ0) is 16.1. The molecule has 1 unspecified atom stereocenters. The fourth-order valence-corrected chi connectivity index (χ4v) is 3.68. The van der Waals surface area contributed by atoms with E-state index in [4.69, 9.17) is 0 Å². The highest BCUT2D eigenvalue weighted by Crippen LogP contribution is 2.20. The predicted octanol–water partition coefficient (Wildman–Crippen LogP) is 3.37. The van der Waals surface area contributed by atoms with Gasteiger partial charge in [-0.3, -0.25) is 5.32 Å². The molecule has 2 N–H and O–H groups in total. The van der Waals surface area contributed by atoms with E-state index < -0.39 is 0 Å². The lowest BCUT2D eigenvalue weighted by Gasteiger charge is -2.33. The number of urea groups is 1. The molecule has 1 aliphatic heterocycles. The van der Waals surface area contributed by atoms with E-state index in [1.807, 2.05) is 41.5 Å². The van der Waals surface area contributed by atoms with Gasteiger partial charge >= 0.3 is 6.03 Å². The molecule has 2 heterocycles. The maximum atomic E-state index is 12.4. The molecule has 1 aromatic heterocycles. The first-order valence-electron chi connectivity index (χ1n) is 7.50. The number of hydrogen-bond donors (Lipinski definition) is 2. The van der Waals surface area contributed by atoms with Crippen LogP contribution in [0.5, 0.6) is 0 Å². The minimum absolute atomic E-state index is 0.103. The van der Waals surface area contributed by atoms with Crippen molar-refractivity contribution < 1.29 is 4.79 Å². The number of para-hydroxylation sites is 1. The minimum Gasteiger partial charge on any atom is -0.381 e. The summed E-state index contributed by atoms with van der Waals surface area (Å²) in [6, 6.07) is 10.3. The van der Waals surface area contributed by atoms with Crippen LogP contribution < -0.4 is 10.6 Å². The van der Waals surface area contributed by atoms with Crippen molar-refractivity contribution in [2.75, 3.05) is 30.0 Å². The molecule has 0 radical (unpaired) electrons. The molecule has 1 aliphatic rings. The van der Waals surface area contributed by atoms with Crippen LogP contribution in [0.25, 0.3) is 0 Å². The number of aromatic nitrogens is 2. The number of nitrogens with zero attached hydrogens (tertiary/aromatic N) is 3. The number of anilines is 2. The summed E-state index contributed by atoms with van der Waals surface area (Å²) in [4.78, 5) is 18.5. The second-order valence-corrected chi connectivity index (χ2v) is 6.84. The molecule has 0 spiro atoms. The first-order chi connectivity index (χ1) is 11.2. The molecular weight excluding hydrogens is 330 g/mol. The molecule has 0 aliphatic carbocycles. The van der Waals surface area contributed by atoms with Gasteiger partial charge in [-0.05, 0) is 31.2 Å². The summed E-state index contributed by atoms with van der Waals surface area (Å²) in [7, 11) is 0.